The molecule has 3 heterocycles. The van der Waals surface area contributed by atoms with Crippen molar-refractivity contribution in [2.45, 2.75) is 36.8 Å². The molecule has 4 atom stereocenters. The molecule has 0 bridgehead atoms. The lowest BCUT2D eigenvalue weighted by atomic mass is 9.53. The summed E-state index contributed by atoms with van der Waals surface area (Å²) < 4.78 is 3.95. The van der Waals surface area contributed by atoms with E-state index in [2.05, 4.69) is 6.58 Å². The molecule has 0 unspecified atom stereocenters. The van der Waals surface area contributed by atoms with E-state index in [0.717, 1.165) is 4.57 Å². The van der Waals surface area contributed by atoms with E-state index in [1.807, 2.05) is 42.5 Å². The molecule has 1 saturated heterocycles. The van der Waals surface area contributed by atoms with Crippen molar-refractivity contribution in [2.24, 2.45) is 5.92 Å². The molecule has 1 N–H and O–H groups in total. The van der Waals surface area contributed by atoms with Gasteiger partial charge in [0.1, 0.15) is 5.75 Å². The Labute approximate surface area is 286 Å². The Morgan fingerprint density at radius 2 is 1.55 bits per heavy atom. The Bertz CT molecular complexity index is 2320. The van der Waals surface area contributed by atoms with Gasteiger partial charge in [-0.2, -0.15) is 0 Å². The van der Waals surface area contributed by atoms with Gasteiger partial charge in [0.15, 0.2) is 0 Å². The van der Waals surface area contributed by atoms with Gasteiger partial charge in [0.05, 0.1) is 35.3 Å². The van der Waals surface area contributed by atoms with Crippen LogP contribution in [0.5, 0.6) is 5.75 Å². The quantitative estimate of drug-likeness (QED) is 0.185. The van der Waals surface area contributed by atoms with E-state index < -0.39 is 46.5 Å². The molecule has 49 heavy (non-hydrogen) atoms. The Balaban J connectivity index is 1.43. The molecule has 8 rings (SSSR count). The SMILES string of the molecule is C=CCc1cccc([C@H]2C3=CCn4c(=O)n(-c5ccccc5)c(=O)n4[C@@H]3C[C@H]3C(=O)N(c4cccc(Cl)c4)C(=O)[C@@]23c2ccccc2)c1O. The first-order valence-electron chi connectivity index (χ1n) is 16.1. The maximum atomic E-state index is 15.3. The van der Waals surface area contributed by atoms with Crippen molar-refractivity contribution in [3.05, 3.63) is 170 Å². The summed E-state index contributed by atoms with van der Waals surface area (Å²) in [7, 11) is 0. The monoisotopic (exact) mass is 670 g/mol. The number of carbonyl (C=O) groups excluding carboxylic acids is 2. The van der Waals surface area contributed by atoms with Crippen LogP contribution in [0.2, 0.25) is 5.02 Å². The molecule has 9 nitrogen and oxygen atoms in total. The van der Waals surface area contributed by atoms with Crippen LogP contribution in [0.25, 0.3) is 5.69 Å². The van der Waals surface area contributed by atoms with Crippen LogP contribution in [0.1, 0.15) is 35.1 Å². The van der Waals surface area contributed by atoms with Crippen LogP contribution in [-0.4, -0.2) is 30.9 Å². The summed E-state index contributed by atoms with van der Waals surface area (Å²) in [4.78, 5) is 59.5. The Morgan fingerprint density at radius 1 is 0.857 bits per heavy atom. The molecular formula is C39H31ClN4O5. The first-order chi connectivity index (χ1) is 23.8. The van der Waals surface area contributed by atoms with E-state index in [1.165, 1.54) is 14.3 Å². The van der Waals surface area contributed by atoms with Crippen molar-refractivity contribution in [1.29, 1.82) is 0 Å². The maximum absolute atomic E-state index is 15.3. The average Bonchev–Trinajstić information content (AvgIpc) is 3.51. The second-order valence-corrected chi connectivity index (χ2v) is 13.1. The van der Waals surface area contributed by atoms with Gasteiger partial charge in [0.25, 0.3) is 0 Å². The third-order valence-electron chi connectivity index (χ3n) is 10.3. The molecule has 2 aliphatic heterocycles. The molecule has 1 saturated carbocycles. The number of benzene rings is 4. The van der Waals surface area contributed by atoms with Gasteiger partial charge in [0.2, 0.25) is 11.8 Å². The number of aromatic hydroxyl groups is 1. The van der Waals surface area contributed by atoms with Gasteiger partial charge >= 0.3 is 11.4 Å². The number of phenols is 1. The fourth-order valence-corrected chi connectivity index (χ4v) is 8.50. The van der Waals surface area contributed by atoms with Crippen LogP contribution in [0.15, 0.2) is 137 Å². The average molecular weight is 671 g/mol. The highest BCUT2D eigenvalue weighted by molar-refractivity contribution is 6.32. The molecule has 10 heteroatoms. The van der Waals surface area contributed by atoms with E-state index in [9.17, 15) is 19.5 Å². The summed E-state index contributed by atoms with van der Waals surface area (Å²) in [6.45, 7) is 3.91. The number of phenolic OH excluding ortho intramolecular Hbond substituents is 1. The third kappa shape index (κ3) is 4.31. The fraction of sp³-hybridized carbons (Fsp3) is 0.179. The molecule has 2 fully saturated rings. The number of carbonyl (C=O) groups is 2. The number of aromatic nitrogens is 3. The van der Waals surface area contributed by atoms with Crippen molar-refractivity contribution in [1.82, 2.24) is 13.9 Å². The number of amides is 2. The van der Waals surface area contributed by atoms with Crippen LogP contribution in [0.3, 0.4) is 0 Å². The number of imide groups is 1. The largest absolute Gasteiger partial charge is 0.507 e. The smallest absolute Gasteiger partial charge is 0.352 e. The summed E-state index contributed by atoms with van der Waals surface area (Å²) in [5.41, 5.74) is 0.527. The van der Waals surface area contributed by atoms with E-state index in [0.29, 0.717) is 45.1 Å². The summed E-state index contributed by atoms with van der Waals surface area (Å²) in [6, 6.07) is 29.1. The molecule has 3 aliphatic rings. The fourth-order valence-electron chi connectivity index (χ4n) is 8.31. The molecule has 2 amide bonds. The van der Waals surface area contributed by atoms with Crippen molar-refractivity contribution in [3.8, 4) is 11.4 Å². The molecular weight excluding hydrogens is 640 g/mol. The number of nitrogens with zero attached hydrogens (tertiary/aromatic N) is 4. The highest BCUT2D eigenvalue weighted by Gasteiger charge is 2.69. The van der Waals surface area contributed by atoms with E-state index in [-0.39, 0.29) is 18.7 Å². The number of hydrogen-bond donors (Lipinski definition) is 1. The van der Waals surface area contributed by atoms with Gasteiger partial charge in [-0.15, -0.1) is 6.58 Å². The van der Waals surface area contributed by atoms with Crippen LogP contribution in [0.4, 0.5) is 5.69 Å². The Kier molecular flexibility index (Phi) is 7.19. The number of halogens is 1. The van der Waals surface area contributed by atoms with Crippen LogP contribution >= 0.6 is 11.6 Å². The molecule has 1 aliphatic carbocycles. The van der Waals surface area contributed by atoms with Crippen molar-refractivity contribution >= 4 is 29.1 Å². The molecule has 1 aromatic heterocycles. The molecule has 4 aromatic carbocycles. The number of fused-ring (bicyclic) bond motifs is 4. The second kappa shape index (κ2) is 11.5. The normalized spacial score (nSPS) is 22.7. The van der Waals surface area contributed by atoms with Crippen LogP contribution in [0, 0.1) is 5.92 Å². The number of allylic oxidation sites excluding steroid dienone is 3. The Morgan fingerprint density at radius 3 is 2.27 bits per heavy atom. The lowest BCUT2D eigenvalue weighted by Gasteiger charge is -2.49. The van der Waals surface area contributed by atoms with Gasteiger partial charge < -0.3 is 5.11 Å². The Hall–Kier alpha value is -5.67. The summed E-state index contributed by atoms with van der Waals surface area (Å²) >= 11 is 6.38. The lowest BCUT2D eigenvalue weighted by molar-refractivity contribution is -0.124. The van der Waals surface area contributed by atoms with E-state index >= 15 is 4.79 Å². The summed E-state index contributed by atoms with van der Waals surface area (Å²) in [6.07, 6.45) is 4.00. The van der Waals surface area contributed by atoms with E-state index in [4.69, 9.17) is 11.6 Å². The molecule has 0 spiro atoms. The predicted octanol–water partition coefficient (Wildman–Crippen LogP) is 5.68. The van der Waals surface area contributed by atoms with Gasteiger partial charge in [-0.05, 0) is 59.9 Å². The lowest BCUT2D eigenvalue weighted by Crippen LogP contribution is -2.53. The predicted molar refractivity (Wildman–Crippen MR) is 186 cm³/mol. The van der Waals surface area contributed by atoms with Gasteiger partial charge in [-0.3, -0.25) is 9.59 Å². The van der Waals surface area contributed by atoms with Crippen molar-refractivity contribution in [3.63, 3.8) is 0 Å². The number of para-hydroxylation sites is 2. The summed E-state index contributed by atoms with van der Waals surface area (Å²) in [5.74, 6) is -2.78. The summed E-state index contributed by atoms with van der Waals surface area (Å²) in [5, 5.41) is 12.3. The van der Waals surface area contributed by atoms with Gasteiger partial charge in [0, 0.05) is 16.5 Å². The first kappa shape index (κ1) is 30.7. The number of hydrogen-bond acceptors (Lipinski definition) is 5. The highest BCUT2D eigenvalue weighted by atomic mass is 35.5. The first-order valence-corrected chi connectivity index (χ1v) is 16.5. The third-order valence-corrected chi connectivity index (χ3v) is 10.5. The second-order valence-electron chi connectivity index (χ2n) is 12.6. The van der Waals surface area contributed by atoms with E-state index in [1.54, 1.807) is 72.8 Å². The van der Waals surface area contributed by atoms with Crippen molar-refractivity contribution in [2.75, 3.05) is 4.90 Å². The maximum Gasteiger partial charge on any atom is 0.352 e. The number of anilines is 1. The van der Waals surface area contributed by atoms with Crippen molar-refractivity contribution < 1.29 is 14.7 Å². The zero-order valence-corrected chi connectivity index (χ0v) is 27.0. The molecule has 5 aromatic rings. The van der Waals surface area contributed by atoms with Crippen LogP contribution < -0.4 is 16.3 Å². The molecule has 0 radical (unpaired) electrons. The zero-order valence-electron chi connectivity index (χ0n) is 26.3. The number of rotatable bonds is 6. The zero-order chi connectivity index (χ0) is 34.0. The standard InChI is InChI=1S/C39H31ClN4O5/c1-2-11-24-12-9-19-30(34(24)45)33-29-20-21-41-37(48)43(27-16-7-4-8-17-27)38(49)44(41)32(29)23-31-35(46)42(28-18-10-15-26(40)22-28)36(47)39(31,33)25-13-5-3-6-14-25/h2-10,12-20,22,31-33,45H,1,11,21,23H2/t31-,32+,33+,39+/m0/s1. The highest BCUT2D eigenvalue weighted by Crippen LogP contribution is 2.63. The minimum Gasteiger partial charge on any atom is -0.507 e. The van der Waals surface area contributed by atoms with Gasteiger partial charge in [-0.1, -0.05) is 96.5 Å². The molecule has 244 valence electrons. The van der Waals surface area contributed by atoms with Gasteiger partial charge in [-0.25, -0.2) is 28.4 Å². The minimum atomic E-state index is -1.51. The topological polar surface area (TPSA) is 107 Å². The van der Waals surface area contributed by atoms with Crippen LogP contribution in [-0.2, 0) is 28.0 Å². The minimum absolute atomic E-state index is 0.0124.